The summed E-state index contributed by atoms with van der Waals surface area (Å²) >= 11 is 5.88. The summed E-state index contributed by atoms with van der Waals surface area (Å²) in [5.41, 5.74) is 0.479. The Hall–Kier alpha value is -1.16. The Kier molecular flexibility index (Phi) is 2.86. The molecule has 1 aromatic heterocycles. The van der Waals surface area contributed by atoms with Crippen LogP contribution in [0.4, 0.5) is 0 Å². The van der Waals surface area contributed by atoms with Gasteiger partial charge in [-0.25, -0.2) is 9.97 Å². The maximum atomic E-state index is 10.5. The van der Waals surface area contributed by atoms with Gasteiger partial charge in [-0.1, -0.05) is 18.0 Å². The van der Waals surface area contributed by atoms with Gasteiger partial charge in [-0.15, -0.1) is 0 Å². The van der Waals surface area contributed by atoms with Crippen molar-refractivity contribution < 1.29 is 9.90 Å². The Morgan fingerprint density at radius 2 is 2.33 bits per heavy atom. The van der Waals surface area contributed by atoms with Gasteiger partial charge in [0.1, 0.15) is 11.0 Å². The predicted octanol–water partition coefficient (Wildman–Crippen LogP) is 2.02. The highest BCUT2D eigenvalue weighted by Crippen LogP contribution is 2.34. The highest BCUT2D eigenvalue weighted by atomic mass is 35.5. The van der Waals surface area contributed by atoms with Crippen molar-refractivity contribution in [2.75, 3.05) is 0 Å². The third-order valence-electron chi connectivity index (χ3n) is 2.64. The molecule has 0 atom stereocenters. The van der Waals surface area contributed by atoms with Gasteiger partial charge in [-0.2, -0.15) is 0 Å². The third kappa shape index (κ3) is 2.26. The average molecular weight is 227 g/mol. The minimum atomic E-state index is -0.920. The molecule has 0 radical (unpaired) electrons. The zero-order valence-corrected chi connectivity index (χ0v) is 8.87. The van der Waals surface area contributed by atoms with Gasteiger partial charge in [-0.3, -0.25) is 4.79 Å². The second-order valence-corrected chi connectivity index (χ2v) is 4.10. The number of aliphatic carboxylic acids is 1. The van der Waals surface area contributed by atoms with Crippen molar-refractivity contribution >= 4 is 17.6 Å². The van der Waals surface area contributed by atoms with E-state index in [1.807, 2.05) is 0 Å². The molecule has 0 spiro atoms. The molecular weight excluding hydrogens is 216 g/mol. The van der Waals surface area contributed by atoms with Crippen LogP contribution in [0.5, 0.6) is 0 Å². The van der Waals surface area contributed by atoms with Crippen LogP contribution in [-0.2, 0) is 11.2 Å². The first-order valence-electron chi connectivity index (χ1n) is 4.90. The van der Waals surface area contributed by atoms with Crippen LogP contribution in [0, 0.1) is 0 Å². The van der Waals surface area contributed by atoms with E-state index < -0.39 is 5.97 Å². The van der Waals surface area contributed by atoms with Crippen LogP contribution in [0.3, 0.4) is 0 Å². The summed E-state index contributed by atoms with van der Waals surface area (Å²) in [7, 11) is 0. The Morgan fingerprint density at radius 1 is 1.60 bits per heavy atom. The lowest BCUT2D eigenvalue weighted by Crippen LogP contribution is -2.13. The molecule has 1 heterocycles. The zero-order chi connectivity index (χ0) is 10.8. The molecule has 1 aromatic rings. The van der Waals surface area contributed by atoms with Crippen molar-refractivity contribution in [3.63, 3.8) is 0 Å². The molecule has 0 unspecified atom stereocenters. The Bertz CT molecular complexity index is 391. The van der Waals surface area contributed by atoms with E-state index in [0.717, 1.165) is 18.7 Å². The van der Waals surface area contributed by atoms with Crippen molar-refractivity contribution in [1.29, 1.82) is 0 Å². The van der Waals surface area contributed by atoms with Gasteiger partial charge < -0.3 is 5.11 Å². The molecule has 1 saturated carbocycles. The van der Waals surface area contributed by atoms with E-state index in [1.54, 1.807) is 0 Å². The number of halogens is 1. The van der Waals surface area contributed by atoms with Gasteiger partial charge in [0.05, 0.1) is 6.42 Å². The quantitative estimate of drug-likeness (QED) is 0.801. The van der Waals surface area contributed by atoms with Crippen molar-refractivity contribution in [2.45, 2.75) is 31.6 Å². The van der Waals surface area contributed by atoms with Gasteiger partial charge in [0.25, 0.3) is 0 Å². The molecule has 4 nitrogen and oxygen atoms in total. The Balaban J connectivity index is 2.18. The number of carboxylic acids is 1. The molecule has 80 valence electrons. The number of carbonyl (C=O) groups is 1. The second-order valence-electron chi connectivity index (χ2n) is 3.74. The number of hydrogen-bond acceptors (Lipinski definition) is 3. The maximum absolute atomic E-state index is 10.5. The van der Waals surface area contributed by atoms with Crippen LogP contribution in [0.15, 0.2) is 6.20 Å². The highest BCUT2D eigenvalue weighted by molar-refractivity contribution is 6.30. The van der Waals surface area contributed by atoms with Gasteiger partial charge in [0, 0.05) is 17.7 Å². The molecule has 0 amide bonds. The molecule has 1 aliphatic rings. The minimum Gasteiger partial charge on any atom is -0.481 e. The van der Waals surface area contributed by atoms with Gasteiger partial charge in [0.2, 0.25) is 0 Å². The average Bonchev–Trinajstić information content (AvgIpc) is 2.06. The molecule has 1 aliphatic carbocycles. The number of carboxylic acid groups (broad SMARTS) is 1. The maximum Gasteiger partial charge on any atom is 0.307 e. The van der Waals surface area contributed by atoms with Crippen molar-refractivity contribution in [3.8, 4) is 0 Å². The lowest BCUT2D eigenvalue weighted by atomic mass is 9.85. The number of nitrogens with zero attached hydrogens (tertiary/aromatic N) is 2. The largest absolute Gasteiger partial charge is 0.481 e. The first kappa shape index (κ1) is 10.4. The monoisotopic (exact) mass is 226 g/mol. The summed E-state index contributed by atoms with van der Waals surface area (Å²) in [6, 6.07) is 0. The molecule has 1 fully saturated rings. The van der Waals surface area contributed by atoms with Crippen LogP contribution < -0.4 is 0 Å². The molecule has 0 aliphatic heterocycles. The van der Waals surface area contributed by atoms with Gasteiger partial charge >= 0.3 is 5.97 Å². The molecule has 0 saturated heterocycles. The van der Waals surface area contributed by atoms with Crippen molar-refractivity contribution in [2.24, 2.45) is 0 Å². The summed E-state index contributed by atoms with van der Waals surface area (Å²) in [5, 5.41) is 8.89. The van der Waals surface area contributed by atoms with E-state index in [1.165, 1.54) is 12.6 Å². The van der Waals surface area contributed by atoms with E-state index >= 15 is 0 Å². The summed E-state index contributed by atoms with van der Waals surface area (Å²) in [6.45, 7) is 0. The van der Waals surface area contributed by atoms with Crippen LogP contribution >= 0.6 is 11.6 Å². The van der Waals surface area contributed by atoms with Crippen molar-refractivity contribution in [3.05, 3.63) is 22.7 Å². The molecule has 15 heavy (non-hydrogen) atoms. The summed E-state index contributed by atoms with van der Waals surface area (Å²) in [6.07, 6.45) is 4.83. The molecule has 1 N–H and O–H groups in total. The highest BCUT2D eigenvalue weighted by Gasteiger charge is 2.23. The molecular formula is C10H11ClN2O2. The SMILES string of the molecule is O=C(O)Cc1cnc(C2CCC2)nc1Cl. The Morgan fingerprint density at radius 3 is 2.80 bits per heavy atom. The summed E-state index contributed by atoms with van der Waals surface area (Å²) in [5.74, 6) is 0.249. The summed E-state index contributed by atoms with van der Waals surface area (Å²) < 4.78 is 0. The fourth-order valence-corrected chi connectivity index (χ4v) is 1.75. The van der Waals surface area contributed by atoms with Gasteiger partial charge in [-0.05, 0) is 12.8 Å². The van der Waals surface area contributed by atoms with Crippen LogP contribution in [0.25, 0.3) is 0 Å². The van der Waals surface area contributed by atoms with E-state index in [9.17, 15) is 4.79 Å². The molecule has 2 rings (SSSR count). The lowest BCUT2D eigenvalue weighted by Gasteiger charge is -2.23. The predicted molar refractivity (Wildman–Crippen MR) is 55.0 cm³/mol. The Labute approximate surface area is 92.3 Å². The van der Waals surface area contributed by atoms with E-state index in [-0.39, 0.29) is 11.6 Å². The third-order valence-corrected chi connectivity index (χ3v) is 2.97. The standard InChI is InChI=1S/C10H11ClN2O2/c11-9-7(4-8(14)15)5-12-10(13-9)6-2-1-3-6/h5-6H,1-4H2,(H,14,15). The van der Waals surface area contributed by atoms with E-state index in [0.29, 0.717) is 11.5 Å². The number of aromatic nitrogens is 2. The van der Waals surface area contributed by atoms with Crippen molar-refractivity contribution in [1.82, 2.24) is 9.97 Å². The number of rotatable bonds is 3. The van der Waals surface area contributed by atoms with Gasteiger partial charge in [0.15, 0.2) is 0 Å². The molecule has 0 aromatic carbocycles. The first-order chi connectivity index (χ1) is 7.16. The topological polar surface area (TPSA) is 63.1 Å². The van der Waals surface area contributed by atoms with Crippen LogP contribution in [0.2, 0.25) is 5.15 Å². The number of hydrogen-bond donors (Lipinski definition) is 1. The smallest absolute Gasteiger partial charge is 0.307 e. The fraction of sp³-hybridized carbons (Fsp3) is 0.500. The van der Waals surface area contributed by atoms with E-state index in [2.05, 4.69) is 9.97 Å². The molecule has 5 heteroatoms. The lowest BCUT2D eigenvalue weighted by molar-refractivity contribution is -0.136. The molecule has 0 bridgehead atoms. The van der Waals surface area contributed by atoms with Crippen LogP contribution in [-0.4, -0.2) is 21.0 Å². The zero-order valence-electron chi connectivity index (χ0n) is 8.11. The normalized spacial score (nSPS) is 16.1. The summed E-state index contributed by atoms with van der Waals surface area (Å²) in [4.78, 5) is 18.8. The van der Waals surface area contributed by atoms with Crippen LogP contribution in [0.1, 0.15) is 36.6 Å². The van der Waals surface area contributed by atoms with E-state index in [4.69, 9.17) is 16.7 Å². The fourth-order valence-electron chi connectivity index (χ4n) is 1.54. The first-order valence-corrected chi connectivity index (χ1v) is 5.27. The minimum absolute atomic E-state index is 0.121. The second kappa shape index (κ2) is 4.14.